The Kier molecular flexibility index (Phi) is 5.29. The van der Waals surface area contributed by atoms with Gasteiger partial charge in [-0.1, -0.05) is 0 Å². The van der Waals surface area contributed by atoms with Crippen molar-refractivity contribution in [3.05, 3.63) is 64.6 Å². The second-order valence-electron chi connectivity index (χ2n) is 7.83. The zero-order chi connectivity index (χ0) is 22.9. The molecule has 0 bridgehead atoms. The fourth-order valence-corrected chi connectivity index (χ4v) is 4.01. The van der Waals surface area contributed by atoms with E-state index in [2.05, 4.69) is 20.4 Å². The summed E-state index contributed by atoms with van der Waals surface area (Å²) in [6.07, 6.45) is 5.45. The van der Waals surface area contributed by atoms with Crippen molar-refractivity contribution >= 4 is 34.3 Å². The number of likely N-dealkylation sites (tertiary alicyclic amines) is 1. The molecule has 1 aliphatic rings. The topological polar surface area (TPSA) is 114 Å². The van der Waals surface area contributed by atoms with Crippen LogP contribution in [0.3, 0.4) is 0 Å². The van der Waals surface area contributed by atoms with Gasteiger partial charge in [-0.05, 0) is 43.5 Å². The molecule has 1 N–H and O–H groups in total. The third-order valence-electron chi connectivity index (χ3n) is 5.59. The van der Waals surface area contributed by atoms with Gasteiger partial charge in [0.15, 0.2) is 5.69 Å². The summed E-state index contributed by atoms with van der Waals surface area (Å²) in [6, 6.07) is 7.25. The first-order valence-electron chi connectivity index (χ1n) is 10.6. The van der Waals surface area contributed by atoms with Gasteiger partial charge in [0.25, 0.3) is 11.5 Å². The number of hydrogen-bond acceptors (Lipinski definition) is 6. The average Bonchev–Trinajstić information content (AvgIpc) is 3.29. The van der Waals surface area contributed by atoms with E-state index < -0.39 is 17.3 Å². The van der Waals surface area contributed by atoms with Crippen molar-refractivity contribution in [1.29, 1.82) is 0 Å². The fourth-order valence-electron chi connectivity index (χ4n) is 4.01. The molecule has 0 radical (unpaired) electrons. The molecule has 1 saturated heterocycles. The number of pyridine rings is 2. The van der Waals surface area contributed by atoms with Crippen molar-refractivity contribution in [3.8, 4) is 0 Å². The normalized spacial score (nSPS) is 14.0. The second-order valence-corrected chi connectivity index (χ2v) is 7.83. The molecule has 1 fully saturated rings. The Bertz CT molecular complexity index is 1420. The van der Waals surface area contributed by atoms with Crippen LogP contribution in [0.5, 0.6) is 0 Å². The molecule has 5 heterocycles. The van der Waals surface area contributed by atoms with Gasteiger partial charge in [0.05, 0.1) is 11.6 Å². The molecule has 0 spiro atoms. The molecule has 2 amide bonds. The van der Waals surface area contributed by atoms with E-state index in [0.29, 0.717) is 13.1 Å². The molecule has 0 saturated carbocycles. The van der Waals surface area contributed by atoms with Crippen LogP contribution in [-0.2, 0) is 11.3 Å². The number of rotatable bonds is 4. The van der Waals surface area contributed by atoms with Crippen LogP contribution >= 0.6 is 0 Å². The van der Waals surface area contributed by atoms with Crippen LogP contribution in [0, 0.1) is 5.82 Å². The molecule has 4 aromatic rings. The zero-order valence-electron chi connectivity index (χ0n) is 17.6. The van der Waals surface area contributed by atoms with E-state index in [1.165, 1.54) is 29.0 Å². The first kappa shape index (κ1) is 20.7. The number of amides is 2. The van der Waals surface area contributed by atoms with E-state index in [1.54, 1.807) is 17.0 Å². The Hall–Kier alpha value is -4.15. The summed E-state index contributed by atoms with van der Waals surface area (Å²) in [4.78, 5) is 48.6. The summed E-state index contributed by atoms with van der Waals surface area (Å²) >= 11 is 0. The van der Waals surface area contributed by atoms with Crippen LogP contribution in [0.1, 0.15) is 29.8 Å². The van der Waals surface area contributed by atoms with Gasteiger partial charge in [-0.15, -0.1) is 0 Å². The first-order valence-corrected chi connectivity index (χ1v) is 10.6. The Balaban J connectivity index is 1.56. The van der Waals surface area contributed by atoms with Crippen molar-refractivity contribution < 1.29 is 14.0 Å². The monoisotopic (exact) mass is 449 g/mol. The standard InChI is InChI=1S/C22H20FN7O3/c23-14-6-7-17(25-12-14)26-18(31)13-29-19-11-16(22(33)28-9-2-1-3-10-28)27-30(19)21(32)15-5-4-8-24-20(15)29/h4-8,11-12H,1-3,9-10,13H2,(H,25,26,31). The van der Waals surface area contributed by atoms with E-state index in [-0.39, 0.29) is 40.6 Å². The number of hydrogen-bond donors (Lipinski definition) is 1. The van der Waals surface area contributed by atoms with Crippen LogP contribution < -0.4 is 10.9 Å². The molecule has 168 valence electrons. The van der Waals surface area contributed by atoms with Gasteiger partial charge in [0.2, 0.25) is 5.91 Å². The Morgan fingerprint density at radius 1 is 1.09 bits per heavy atom. The number of fused-ring (bicyclic) bond motifs is 2. The summed E-state index contributed by atoms with van der Waals surface area (Å²) in [5.41, 5.74) is 0.268. The SMILES string of the molecule is O=C(Cn1c2ncccc2c(=O)n2nc(C(=O)N3CCCCC3)cc12)Nc1ccc(F)cn1. The van der Waals surface area contributed by atoms with Crippen molar-refractivity contribution in [2.45, 2.75) is 25.8 Å². The summed E-state index contributed by atoms with van der Waals surface area (Å²) < 4.78 is 15.8. The number of piperidine rings is 1. The molecular formula is C22H20FN7O3. The maximum absolute atomic E-state index is 13.1. The lowest BCUT2D eigenvalue weighted by atomic mass is 10.1. The Labute approximate surface area is 186 Å². The number of nitrogens with one attached hydrogen (secondary N) is 1. The Morgan fingerprint density at radius 2 is 1.91 bits per heavy atom. The van der Waals surface area contributed by atoms with Gasteiger partial charge in [-0.2, -0.15) is 9.61 Å². The molecule has 10 nitrogen and oxygen atoms in total. The number of carbonyl (C=O) groups is 2. The number of anilines is 1. The van der Waals surface area contributed by atoms with Crippen LogP contribution in [-0.4, -0.2) is 54.0 Å². The predicted octanol–water partition coefficient (Wildman–Crippen LogP) is 1.84. The summed E-state index contributed by atoms with van der Waals surface area (Å²) in [5, 5.41) is 7.13. The van der Waals surface area contributed by atoms with Crippen LogP contribution in [0.15, 0.2) is 47.5 Å². The highest BCUT2D eigenvalue weighted by Crippen LogP contribution is 2.17. The molecule has 0 aliphatic carbocycles. The summed E-state index contributed by atoms with van der Waals surface area (Å²) in [7, 11) is 0. The lowest BCUT2D eigenvalue weighted by Gasteiger charge is -2.25. The zero-order valence-corrected chi connectivity index (χ0v) is 17.6. The third-order valence-corrected chi connectivity index (χ3v) is 5.59. The lowest BCUT2D eigenvalue weighted by Crippen LogP contribution is -2.35. The fraction of sp³-hybridized carbons (Fsp3) is 0.273. The molecule has 11 heteroatoms. The van der Waals surface area contributed by atoms with Crippen molar-refractivity contribution in [2.75, 3.05) is 18.4 Å². The van der Waals surface area contributed by atoms with Gasteiger partial charge in [-0.25, -0.2) is 14.4 Å². The Morgan fingerprint density at radius 3 is 2.67 bits per heavy atom. The maximum atomic E-state index is 13.1. The van der Waals surface area contributed by atoms with Crippen LogP contribution in [0.2, 0.25) is 0 Å². The molecular weight excluding hydrogens is 429 g/mol. The predicted molar refractivity (Wildman–Crippen MR) is 117 cm³/mol. The van der Waals surface area contributed by atoms with Crippen molar-refractivity contribution in [3.63, 3.8) is 0 Å². The van der Waals surface area contributed by atoms with E-state index in [4.69, 9.17) is 0 Å². The molecule has 5 rings (SSSR count). The minimum Gasteiger partial charge on any atom is -0.337 e. The van der Waals surface area contributed by atoms with Crippen molar-refractivity contribution in [1.82, 2.24) is 29.0 Å². The highest BCUT2D eigenvalue weighted by molar-refractivity contribution is 5.94. The molecule has 1 aliphatic heterocycles. The van der Waals surface area contributed by atoms with Gasteiger partial charge in [-0.3, -0.25) is 14.4 Å². The van der Waals surface area contributed by atoms with Gasteiger partial charge < -0.3 is 14.8 Å². The van der Waals surface area contributed by atoms with Crippen LogP contribution in [0.25, 0.3) is 16.7 Å². The minimum absolute atomic E-state index is 0.138. The number of nitrogens with zero attached hydrogens (tertiary/aromatic N) is 6. The van der Waals surface area contributed by atoms with Crippen LogP contribution in [0.4, 0.5) is 10.2 Å². The highest BCUT2D eigenvalue weighted by atomic mass is 19.1. The lowest BCUT2D eigenvalue weighted by molar-refractivity contribution is -0.116. The van der Waals surface area contributed by atoms with E-state index in [9.17, 15) is 18.8 Å². The molecule has 33 heavy (non-hydrogen) atoms. The average molecular weight is 449 g/mol. The molecule has 0 atom stereocenters. The minimum atomic E-state index is -0.518. The largest absolute Gasteiger partial charge is 0.337 e. The molecule has 0 aromatic carbocycles. The summed E-state index contributed by atoms with van der Waals surface area (Å²) in [6.45, 7) is 1.07. The first-order chi connectivity index (χ1) is 16.0. The highest BCUT2D eigenvalue weighted by Gasteiger charge is 2.24. The third kappa shape index (κ3) is 3.93. The molecule has 0 unspecified atom stereocenters. The quantitative estimate of drug-likeness (QED) is 0.509. The molecule has 4 aromatic heterocycles. The van der Waals surface area contributed by atoms with E-state index in [0.717, 1.165) is 30.0 Å². The number of halogens is 1. The summed E-state index contributed by atoms with van der Waals surface area (Å²) in [5.74, 6) is -1.04. The maximum Gasteiger partial charge on any atom is 0.283 e. The van der Waals surface area contributed by atoms with Gasteiger partial charge in [0.1, 0.15) is 29.5 Å². The van der Waals surface area contributed by atoms with Gasteiger partial charge in [0, 0.05) is 25.4 Å². The van der Waals surface area contributed by atoms with E-state index >= 15 is 0 Å². The number of carbonyl (C=O) groups excluding carboxylic acids is 2. The number of aromatic nitrogens is 5. The van der Waals surface area contributed by atoms with Crippen molar-refractivity contribution in [2.24, 2.45) is 0 Å². The second kappa shape index (κ2) is 8.41. The smallest absolute Gasteiger partial charge is 0.283 e. The van der Waals surface area contributed by atoms with Gasteiger partial charge >= 0.3 is 0 Å². The van der Waals surface area contributed by atoms with E-state index in [1.807, 2.05) is 0 Å².